The molecular weight excluding hydrogens is 268 g/mol. The summed E-state index contributed by atoms with van der Waals surface area (Å²) in [5.74, 6) is -0.518. The van der Waals surface area contributed by atoms with Crippen molar-refractivity contribution in [3.63, 3.8) is 0 Å². The lowest BCUT2D eigenvalue weighted by molar-refractivity contribution is -0.0630. The normalized spacial score (nSPS) is 13.4. The van der Waals surface area contributed by atoms with Crippen molar-refractivity contribution in [3.8, 4) is 0 Å². The second kappa shape index (κ2) is 7.02. The average molecular weight is 286 g/mol. The van der Waals surface area contributed by atoms with E-state index < -0.39 is 18.2 Å². The van der Waals surface area contributed by atoms with E-state index in [1.807, 2.05) is 30.3 Å². The van der Waals surface area contributed by atoms with Crippen molar-refractivity contribution in [2.45, 2.75) is 12.0 Å². The van der Waals surface area contributed by atoms with Crippen molar-refractivity contribution in [3.05, 3.63) is 71.8 Å². The number of rotatable bonds is 6. The summed E-state index contributed by atoms with van der Waals surface area (Å²) in [5, 5.41) is 19.7. The number of aliphatic hydroxyl groups excluding tert-OH is 1. The lowest BCUT2D eigenvalue weighted by atomic mass is 9.96. The highest BCUT2D eigenvalue weighted by atomic mass is 16.5. The monoisotopic (exact) mass is 286 g/mol. The average Bonchev–Trinajstić information content (AvgIpc) is 2.54. The fourth-order valence-electron chi connectivity index (χ4n) is 1.99. The van der Waals surface area contributed by atoms with E-state index in [1.54, 1.807) is 30.3 Å². The lowest BCUT2D eigenvalue weighted by Crippen LogP contribution is -2.41. The van der Waals surface area contributed by atoms with Gasteiger partial charge in [0, 0.05) is 6.42 Å². The van der Waals surface area contributed by atoms with Crippen LogP contribution in [0.2, 0.25) is 0 Å². The zero-order valence-corrected chi connectivity index (χ0v) is 11.6. The van der Waals surface area contributed by atoms with Crippen LogP contribution in [-0.4, -0.2) is 35.0 Å². The van der Waals surface area contributed by atoms with Gasteiger partial charge in [-0.05, 0) is 17.7 Å². The SMILES string of the molecule is O=C(OC[C@](O)(CO)Cc1ccccc1)c1ccccc1. The molecular formula is C17H18O4. The zero-order valence-electron chi connectivity index (χ0n) is 11.6. The second-order valence-electron chi connectivity index (χ2n) is 4.99. The molecule has 2 aromatic carbocycles. The van der Waals surface area contributed by atoms with Crippen molar-refractivity contribution >= 4 is 5.97 Å². The van der Waals surface area contributed by atoms with Gasteiger partial charge in [0.1, 0.15) is 12.2 Å². The molecule has 0 aliphatic rings. The fraction of sp³-hybridized carbons (Fsp3) is 0.235. The predicted octanol–water partition coefficient (Wildman–Crippen LogP) is 1.81. The number of ether oxygens (including phenoxy) is 1. The van der Waals surface area contributed by atoms with Crippen LogP contribution in [0.5, 0.6) is 0 Å². The summed E-state index contributed by atoms with van der Waals surface area (Å²) >= 11 is 0. The number of carbonyl (C=O) groups is 1. The molecule has 0 bridgehead atoms. The molecule has 110 valence electrons. The quantitative estimate of drug-likeness (QED) is 0.795. The standard InChI is InChI=1S/C17H18O4/c18-12-17(20,11-14-7-3-1-4-8-14)13-21-16(19)15-9-5-2-6-10-15/h1-10,18,20H,11-13H2/t17-/m1/s1. The molecule has 21 heavy (non-hydrogen) atoms. The van der Waals surface area contributed by atoms with Gasteiger partial charge in [0.2, 0.25) is 0 Å². The van der Waals surface area contributed by atoms with Crippen molar-refractivity contribution < 1.29 is 19.7 Å². The molecule has 0 aliphatic carbocycles. The molecule has 0 radical (unpaired) electrons. The molecule has 2 N–H and O–H groups in total. The third-order valence-corrected chi connectivity index (χ3v) is 3.15. The van der Waals surface area contributed by atoms with E-state index in [9.17, 15) is 15.0 Å². The summed E-state index contributed by atoms with van der Waals surface area (Å²) in [6.07, 6.45) is 0.215. The van der Waals surface area contributed by atoms with Gasteiger partial charge in [-0.2, -0.15) is 0 Å². The first-order valence-electron chi connectivity index (χ1n) is 6.72. The van der Waals surface area contributed by atoms with Crippen LogP contribution in [-0.2, 0) is 11.2 Å². The van der Waals surface area contributed by atoms with Crippen LogP contribution in [0.25, 0.3) is 0 Å². The van der Waals surface area contributed by atoms with Crippen molar-refractivity contribution in [1.82, 2.24) is 0 Å². The van der Waals surface area contributed by atoms with Crippen molar-refractivity contribution in [2.75, 3.05) is 13.2 Å². The Balaban J connectivity index is 1.97. The van der Waals surface area contributed by atoms with Crippen LogP contribution >= 0.6 is 0 Å². The summed E-state index contributed by atoms with van der Waals surface area (Å²) < 4.78 is 5.11. The van der Waals surface area contributed by atoms with Gasteiger partial charge in [-0.1, -0.05) is 48.5 Å². The Morgan fingerprint density at radius 3 is 2.14 bits per heavy atom. The Hall–Kier alpha value is -2.17. The van der Waals surface area contributed by atoms with Crippen LogP contribution in [0, 0.1) is 0 Å². The molecule has 4 heteroatoms. The Bertz CT molecular complexity index is 568. The highest BCUT2D eigenvalue weighted by Gasteiger charge is 2.28. The van der Waals surface area contributed by atoms with Crippen LogP contribution in [0.15, 0.2) is 60.7 Å². The van der Waals surface area contributed by atoms with Crippen LogP contribution < -0.4 is 0 Å². The minimum atomic E-state index is -1.48. The van der Waals surface area contributed by atoms with E-state index in [1.165, 1.54) is 0 Å². The number of aliphatic hydroxyl groups is 2. The number of hydrogen-bond donors (Lipinski definition) is 2. The lowest BCUT2D eigenvalue weighted by Gasteiger charge is -2.25. The Morgan fingerprint density at radius 2 is 1.57 bits per heavy atom. The Morgan fingerprint density at radius 1 is 1.00 bits per heavy atom. The number of carbonyl (C=O) groups excluding carboxylic acids is 1. The van der Waals surface area contributed by atoms with E-state index in [0.717, 1.165) is 5.56 Å². The maximum Gasteiger partial charge on any atom is 0.338 e. The topological polar surface area (TPSA) is 66.8 Å². The summed E-state index contributed by atoms with van der Waals surface area (Å²) in [4.78, 5) is 11.8. The van der Waals surface area contributed by atoms with E-state index in [2.05, 4.69) is 0 Å². The van der Waals surface area contributed by atoms with Gasteiger partial charge in [0.05, 0.1) is 12.2 Å². The smallest absolute Gasteiger partial charge is 0.338 e. The van der Waals surface area contributed by atoms with Gasteiger partial charge in [-0.3, -0.25) is 0 Å². The summed E-state index contributed by atoms with van der Waals surface area (Å²) in [6, 6.07) is 17.8. The van der Waals surface area contributed by atoms with Gasteiger partial charge in [-0.15, -0.1) is 0 Å². The van der Waals surface area contributed by atoms with Crippen LogP contribution in [0.1, 0.15) is 15.9 Å². The van der Waals surface area contributed by atoms with Gasteiger partial charge >= 0.3 is 5.97 Å². The minimum Gasteiger partial charge on any atom is -0.459 e. The van der Waals surface area contributed by atoms with Gasteiger partial charge in [0.25, 0.3) is 0 Å². The van der Waals surface area contributed by atoms with Gasteiger partial charge in [0.15, 0.2) is 0 Å². The Labute approximate surface area is 123 Å². The van der Waals surface area contributed by atoms with Gasteiger partial charge in [-0.25, -0.2) is 4.79 Å². The molecule has 0 fully saturated rings. The van der Waals surface area contributed by atoms with E-state index in [-0.39, 0.29) is 13.0 Å². The molecule has 0 aromatic heterocycles. The third kappa shape index (κ3) is 4.41. The fourth-order valence-corrected chi connectivity index (χ4v) is 1.99. The minimum absolute atomic E-state index is 0.215. The molecule has 1 atom stereocenters. The molecule has 2 aromatic rings. The third-order valence-electron chi connectivity index (χ3n) is 3.15. The molecule has 0 heterocycles. The summed E-state index contributed by atoms with van der Waals surface area (Å²) in [5.41, 5.74) is -0.200. The maximum atomic E-state index is 11.8. The molecule has 0 spiro atoms. The van der Waals surface area contributed by atoms with E-state index in [0.29, 0.717) is 5.56 Å². The first kappa shape index (κ1) is 15.2. The summed E-state index contributed by atoms with van der Waals surface area (Å²) in [6.45, 7) is -0.740. The largest absolute Gasteiger partial charge is 0.459 e. The van der Waals surface area contributed by atoms with Crippen molar-refractivity contribution in [1.29, 1.82) is 0 Å². The van der Waals surface area contributed by atoms with Crippen molar-refractivity contribution in [2.24, 2.45) is 0 Å². The van der Waals surface area contributed by atoms with Gasteiger partial charge < -0.3 is 14.9 Å². The zero-order chi connectivity index (χ0) is 15.1. The van der Waals surface area contributed by atoms with E-state index >= 15 is 0 Å². The second-order valence-corrected chi connectivity index (χ2v) is 4.99. The highest BCUT2D eigenvalue weighted by molar-refractivity contribution is 5.89. The first-order chi connectivity index (χ1) is 10.1. The number of esters is 1. The van der Waals surface area contributed by atoms with E-state index in [4.69, 9.17) is 4.74 Å². The highest BCUT2D eigenvalue weighted by Crippen LogP contribution is 2.15. The molecule has 0 saturated carbocycles. The molecule has 0 saturated heterocycles. The number of hydrogen-bond acceptors (Lipinski definition) is 4. The maximum absolute atomic E-state index is 11.8. The number of benzene rings is 2. The molecule has 2 rings (SSSR count). The van der Waals surface area contributed by atoms with Crippen LogP contribution in [0.4, 0.5) is 0 Å². The molecule has 0 unspecified atom stereocenters. The Kier molecular flexibility index (Phi) is 5.09. The molecule has 0 aliphatic heterocycles. The van der Waals surface area contributed by atoms with Crippen LogP contribution in [0.3, 0.4) is 0 Å². The molecule has 0 amide bonds. The predicted molar refractivity (Wildman–Crippen MR) is 78.9 cm³/mol. The first-order valence-corrected chi connectivity index (χ1v) is 6.72. The molecule has 4 nitrogen and oxygen atoms in total. The summed E-state index contributed by atoms with van der Waals surface area (Å²) in [7, 11) is 0.